The minimum atomic E-state index is -0.395. The predicted octanol–water partition coefficient (Wildman–Crippen LogP) is 5.22. The fourth-order valence-corrected chi connectivity index (χ4v) is 4.02. The van der Waals surface area contributed by atoms with Crippen molar-refractivity contribution in [2.24, 2.45) is 0 Å². The summed E-state index contributed by atoms with van der Waals surface area (Å²) < 4.78 is 10.9. The molecular formula is C27H22N2O4. The third-order valence-electron chi connectivity index (χ3n) is 5.57. The van der Waals surface area contributed by atoms with Crippen LogP contribution in [0.2, 0.25) is 0 Å². The smallest absolute Gasteiger partial charge is 0.278 e. The van der Waals surface area contributed by atoms with Gasteiger partial charge in [-0.3, -0.25) is 14.5 Å². The van der Waals surface area contributed by atoms with E-state index in [0.717, 1.165) is 16.5 Å². The van der Waals surface area contributed by atoms with Gasteiger partial charge in [-0.2, -0.15) is 0 Å². The monoisotopic (exact) mass is 438 g/mol. The summed E-state index contributed by atoms with van der Waals surface area (Å²) in [5.74, 6) is 0.472. The first-order valence-electron chi connectivity index (χ1n) is 10.8. The van der Waals surface area contributed by atoms with Crippen LogP contribution in [-0.2, 0) is 16.1 Å². The van der Waals surface area contributed by atoms with E-state index < -0.39 is 5.91 Å². The molecule has 2 heterocycles. The molecule has 33 heavy (non-hydrogen) atoms. The number of anilines is 1. The second-order valence-electron chi connectivity index (χ2n) is 7.63. The number of rotatable bonds is 7. The number of furan rings is 1. The van der Waals surface area contributed by atoms with E-state index in [-0.39, 0.29) is 18.1 Å². The van der Waals surface area contributed by atoms with Gasteiger partial charge in [0.05, 0.1) is 25.0 Å². The maximum Gasteiger partial charge on any atom is 0.278 e. The lowest BCUT2D eigenvalue weighted by molar-refractivity contribution is -0.137. The summed E-state index contributed by atoms with van der Waals surface area (Å²) >= 11 is 0. The third kappa shape index (κ3) is 3.87. The van der Waals surface area contributed by atoms with Crippen LogP contribution in [-0.4, -0.2) is 23.3 Å². The summed E-state index contributed by atoms with van der Waals surface area (Å²) in [5, 5.41) is 5.27. The van der Waals surface area contributed by atoms with Crippen LogP contribution >= 0.6 is 0 Å². The molecule has 1 aliphatic rings. The van der Waals surface area contributed by atoms with Gasteiger partial charge < -0.3 is 14.5 Å². The Hall–Kier alpha value is -4.32. The van der Waals surface area contributed by atoms with Crippen LogP contribution < -0.4 is 10.1 Å². The number of hydrogen-bond donors (Lipinski definition) is 1. The van der Waals surface area contributed by atoms with Crippen molar-refractivity contribution >= 4 is 33.8 Å². The molecule has 0 unspecified atom stereocenters. The minimum absolute atomic E-state index is 0.0614. The number of imide groups is 1. The van der Waals surface area contributed by atoms with Crippen molar-refractivity contribution in [2.45, 2.75) is 13.5 Å². The van der Waals surface area contributed by atoms with Crippen LogP contribution in [0.4, 0.5) is 5.69 Å². The minimum Gasteiger partial charge on any atom is -0.494 e. The Morgan fingerprint density at radius 2 is 1.67 bits per heavy atom. The highest BCUT2D eigenvalue weighted by Gasteiger charge is 2.39. The van der Waals surface area contributed by atoms with E-state index >= 15 is 0 Å². The van der Waals surface area contributed by atoms with Gasteiger partial charge in [0, 0.05) is 11.1 Å². The maximum absolute atomic E-state index is 13.5. The second kappa shape index (κ2) is 8.67. The molecule has 0 spiro atoms. The Labute approximate surface area is 191 Å². The summed E-state index contributed by atoms with van der Waals surface area (Å²) in [7, 11) is 0. The Morgan fingerprint density at radius 1 is 0.879 bits per heavy atom. The van der Waals surface area contributed by atoms with Crippen LogP contribution in [0.15, 0.2) is 95.2 Å². The number of nitrogens with zero attached hydrogens (tertiary/aromatic N) is 1. The topological polar surface area (TPSA) is 71.8 Å². The molecule has 0 saturated carbocycles. The van der Waals surface area contributed by atoms with Crippen molar-refractivity contribution in [3.05, 3.63) is 102 Å². The Morgan fingerprint density at radius 3 is 2.42 bits per heavy atom. The van der Waals surface area contributed by atoms with Gasteiger partial charge in [-0.1, -0.05) is 48.5 Å². The molecule has 0 atom stereocenters. The van der Waals surface area contributed by atoms with Crippen molar-refractivity contribution in [2.75, 3.05) is 11.9 Å². The van der Waals surface area contributed by atoms with Crippen molar-refractivity contribution in [1.29, 1.82) is 0 Å². The van der Waals surface area contributed by atoms with Crippen LogP contribution in [0.3, 0.4) is 0 Å². The summed E-state index contributed by atoms with van der Waals surface area (Å²) in [6, 6.07) is 24.4. The number of amides is 2. The zero-order valence-electron chi connectivity index (χ0n) is 18.1. The molecule has 0 fully saturated rings. The molecule has 2 amide bonds. The van der Waals surface area contributed by atoms with Crippen LogP contribution in [0.5, 0.6) is 5.75 Å². The SMILES string of the molecule is CCOc1ccc(C2=C(Nc3cccc4ccccc34)C(=O)N(Cc3ccco3)C2=O)cc1. The average molecular weight is 438 g/mol. The largest absolute Gasteiger partial charge is 0.494 e. The van der Waals surface area contributed by atoms with Gasteiger partial charge >= 0.3 is 0 Å². The van der Waals surface area contributed by atoms with Gasteiger partial charge in [0.2, 0.25) is 0 Å². The number of nitrogens with one attached hydrogen (secondary N) is 1. The average Bonchev–Trinajstić information content (AvgIpc) is 3.43. The molecular weight excluding hydrogens is 416 g/mol. The van der Waals surface area contributed by atoms with E-state index in [9.17, 15) is 9.59 Å². The van der Waals surface area contributed by atoms with Crippen molar-refractivity contribution in [3.8, 4) is 5.75 Å². The van der Waals surface area contributed by atoms with E-state index in [0.29, 0.717) is 29.3 Å². The summed E-state index contributed by atoms with van der Waals surface area (Å²) in [5.41, 5.74) is 1.96. The normalized spacial score (nSPS) is 13.8. The highest BCUT2D eigenvalue weighted by atomic mass is 16.5. The van der Waals surface area contributed by atoms with Gasteiger partial charge in [0.1, 0.15) is 17.2 Å². The van der Waals surface area contributed by atoms with Crippen molar-refractivity contribution < 1.29 is 18.7 Å². The molecule has 5 rings (SSSR count). The molecule has 0 saturated heterocycles. The zero-order chi connectivity index (χ0) is 22.8. The highest BCUT2D eigenvalue weighted by Crippen LogP contribution is 2.34. The quantitative estimate of drug-likeness (QED) is 0.401. The van der Waals surface area contributed by atoms with Gasteiger partial charge in [-0.15, -0.1) is 0 Å². The molecule has 6 nitrogen and oxygen atoms in total. The van der Waals surface area contributed by atoms with Crippen LogP contribution in [0.1, 0.15) is 18.2 Å². The van der Waals surface area contributed by atoms with E-state index in [1.165, 1.54) is 11.2 Å². The first-order chi connectivity index (χ1) is 16.2. The lowest BCUT2D eigenvalue weighted by Gasteiger charge is -2.14. The predicted molar refractivity (Wildman–Crippen MR) is 126 cm³/mol. The van der Waals surface area contributed by atoms with Crippen LogP contribution in [0.25, 0.3) is 16.3 Å². The zero-order valence-corrected chi connectivity index (χ0v) is 18.1. The summed E-state index contributed by atoms with van der Waals surface area (Å²) in [6.07, 6.45) is 1.52. The lowest BCUT2D eigenvalue weighted by Crippen LogP contribution is -2.31. The van der Waals surface area contributed by atoms with Gasteiger partial charge in [-0.05, 0) is 48.2 Å². The Kier molecular flexibility index (Phi) is 5.40. The lowest BCUT2D eigenvalue weighted by atomic mass is 10.0. The molecule has 1 N–H and O–H groups in total. The maximum atomic E-state index is 13.5. The molecule has 1 aliphatic heterocycles. The number of carbonyl (C=O) groups excluding carboxylic acids is 2. The second-order valence-corrected chi connectivity index (χ2v) is 7.63. The molecule has 0 aliphatic carbocycles. The number of hydrogen-bond acceptors (Lipinski definition) is 5. The number of carbonyl (C=O) groups is 2. The van der Waals surface area contributed by atoms with Gasteiger partial charge in [0.25, 0.3) is 11.8 Å². The molecule has 1 aromatic heterocycles. The fraction of sp³-hybridized carbons (Fsp3) is 0.111. The Balaban J connectivity index is 1.58. The van der Waals surface area contributed by atoms with Crippen molar-refractivity contribution in [1.82, 2.24) is 4.90 Å². The van der Waals surface area contributed by atoms with E-state index in [1.54, 1.807) is 36.4 Å². The Bertz CT molecular complexity index is 1350. The number of ether oxygens (including phenoxy) is 1. The summed E-state index contributed by atoms with van der Waals surface area (Å²) in [4.78, 5) is 28.1. The molecule has 0 bridgehead atoms. The van der Waals surface area contributed by atoms with E-state index in [4.69, 9.17) is 9.15 Å². The molecule has 4 aromatic rings. The first-order valence-corrected chi connectivity index (χ1v) is 10.8. The number of fused-ring (bicyclic) bond motifs is 1. The number of benzene rings is 3. The fourth-order valence-electron chi connectivity index (χ4n) is 4.02. The molecule has 6 heteroatoms. The van der Waals surface area contributed by atoms with Crippen LogP contribution in [0, 0.1) is 0 Å². The van der Waals surface area contributed by atoms with Gasteiger partial charge in [0.15, 0.2) is 0 Å². The van der Waals surface area contributed by atoms with E-state index in [2.05, 4.69) is 5.32 Å². The highest BCUT2D eigenvalue weighted by molar-refractivity contribution is 6.36. The molecule has 3 aromatic carbocycles. The molecule has 0 radical (unpaired) electrons. The third-order valence-corrected chi connectivity index (χ3v) is 5.57. The standard InChI is InChI=1S/C27H22N2O4/c1-2-32-20-14-12-19(13-15-20)24-25(27(31)29(26(24)30)17-21-9-6-16-33-21)28-23-11-5-8-18-7-3-4-10-22(18)23/h3-16,28H,2,17H2,1H3. The molecule has 164 valence electrons. The summed E-state index contributed by atoms with van der Waals surface area (Å²) in [6.45, 7) is 2.52. The van der Waals surface area contributed by atoms with Crippen molar-refractivity contribution in [3.63, 3.8) is 0 Å². The van der Waals surface area contributed by atoms with E-state index in [1.807, 2.05) is 49.4 Å². The van der Waals surface area contributed by atoms with Gasteiger partial charge in [-0.25, -0.2) is 0 Å². The first kappa shape index (κ1) is 20.6.